The number of rotatable bonds is 4. The molecule has 1 N–H and O–H groups in total. The van der Waals surface area contributed by atoms with E-state index in [1.807, 2.05) is 0 Å². The number of allylic oxidation sites excluding steroid dienone is 1. The Kier molecular flexibility index (Phi) is 4.97. The summed E-state index contributed by atoms with van der Waals surface area (Å²) in [4.78, 5) is 11.2. The molecule has 0 aliphatic heterocycles. The standard InChI is InChI=1S/C13H14F3NO2/c1-9(12(18)19-2)17-11-5-3-4-10(8-11)6-7-13(14,15)16/h3-9,17H,1-2H3/b7-6+. The summed E-state index contributed by atoms with van der Waals surface area (Å²) in [6.45, 7) is 1.60. The van der Waals surface area contributed by atoms with Crippen LogP contribution < -0.4 is 5.32 Å². The molecule has 1 aromatic carbocycles. The smallest absolute Gasteiger partial charge is 0.409 e. The number of nitrogens with one attached hydrogen (secondary N) is 1. The second-order valence-electron chi connectivity index (χ2n) is 3.89. The van der Waals surface area contributed by atoms with E-state index in [-0.39, 0.29) is 6.08 Å². The van der Waals surface area contributed by atoms with Gasteiger partial charge in [0.1, 0.15) is 6.04 Å². The molecule has 1 unspecified atom stereocenters. The number of benzene rings is 1. The lowest BCUT2D eigenvalue weighted by atomic mass is 10.1. The van der Waals surface area contributed by atoms with Gasteiger partial charge in [0, 0.05) is 11.8 Å². The van der Waals surface area contributed by atoms with Crippen molar-refractivity contribution in [1.29, 1.82) is 0 Å². The number of carbonyl (C=O) groups excluding carboxylic acids is 1. The normalized spacial score (nSPS) is 13.3. The van der Waals surface area contributed by atoms with Crippen molar-refractivity contribution in [3.8, 4) is 0 Å². The molecular weight excluding hydrogens is 259 g/mol. The van der Waals surface area contributed by atoms with Crippen molar-refractivity contribution in [3.63, 3.8) is 0 Å². The number of halogens is 3. The largest absolute Gasteiger partial charge is 0.467 e. The van der Waals surface area contributed by atoms with Crippen LogP contribution in [0.4, 0.5) is 18.9 Å². The Morgan fingerprint density at radius 2 is 2.11 bits per heavy atom. The fourth-order valence-electron chi connectivity index (χ4n) is 1.41. The SMILES string of the molecule is COC(=O)C(C)Nc1cccc(/C=C/C(F)(F)F)c1. The van der Waals surface area contributed by atoms with Crippen molar-refractivity contribution in [3.05, 3.63) is 35.9 Å². The second-order valence-corrected chi connectivity index (χ2v) is 3.89. The molecule has 19 heavy (non-hydrogen) atoms. The zero-order valence-corrected chi connectivity index (χ0v) is 10.5. The van der Waals surface area contributed by atoms with Gasteiger partial charge in [-0.2, -0.15) is 13.2 Å². The lowest BCUT2D eigenvalue weighted by Crippen LogP contribution is -2.27. The summed E-state index contributed by atoms with van der Waals surface area (Å²) in [5, 5.41) is 2.84. The van der Waals surface area contributed by atoms with Crippen LogP contribution in [-0.4, -0.2) is 25.3 Å². The van der Waals surface area contributed by atoms with Crippen LogP contribution in [0.3, 0.4) is 0 Å². The molecule has 104 valence electrons. The summed E-state index contributed by atoms with van der Waals surface area (Å²) in [5.74, 6) is -0.448. The Morgan fingerprint density at radius 1 is 1.42 bits per heavy atom. The summed E-state index contributed by atoms with van der Waals surface area (Å²) < 4.78 is 40.7. The highest BCUT2D eigenvalue weighted by atomic mass is 19.4. The zero-order valence-electron chi connectivity index (χ0n) is 10.5. The van der Waals surface area contributed by atoms with Crippen LogP contribution in [0.1, 0.15) is 12.5 Å². The summed E-state index contributed by atoms with van der Waals surface area (Å²) in [7, 11) is 1.27. The van der Waals surface area contributed by atoms with E-state index in [4.69, 9.17) is 0 Å². The van der Waals surface area contributed by atoms with Crippen molar-refractivity contribution in [2.45, 2.75) is 19.1 Å². The monoisotopic (exact) mass is 273 g/mol. The first-order valence-corrected chi connectivity index (χ1v) is 5.52. The Morgan fingerprint density at radius 3 is 2.68 bits per heavy atom. The van der Waals surface area contributed by atoms with Gasteiger partial charge in [0.2, 0.25) is 0 Å². The van der Waals surface area contributed by atoms with Gasteiger partial charge in [-0.3, -0.25) is 0 Å². The maximum absolute atomic E-state index is 12.0. The molecule has 1 aromatic rings. The molecule has 0 heterocycles. The molecule has 0 saturated carbocycles. The number of alkyl halides is 3. The van der Waals surface area contributed by atoms with Crippen LogP contribution in [0.5, 0.6) is 0 Å². The minimum Gasteiger partial charge on any atom is -0.467 e. The maximum Gasteiger partial charge on any atom is 0.409 e. The van der Waals surface area contributed by atoms with E-state index in [1.54, 1.807) is 19.1 Å². The number of ether oxygens (including phenoxy) is 1. The number of hydrogen-bond donors (Lipinski definition) is 1. The molecule has 1 atom stereocenters. The molecule has 0 saturated heterocycles. The first kappa shape index (κ1) is 15.1. The maximum atomic E-state index is 12.0. The molecule has 0 amide bonds. The highest BCUT2D eigenvalue weighted by molar-refractivity contribution is 5.78. The average molecular weight is 273 g/mol. The topological polar surface area (TPSA) is 38.3 Å². The number of methoxy groups -OCH3 is 1. The van der Waals surface area contributed by atoms with Gasteiger partial charge in [0.05, 0.1) is 7.11 Å². The van der Waals surface area contributed by atoms with Gasteiger partial charge in [-0.05, 0) is 24.6 Å². The molecule has 3 nitrogen and oxygen atoms in total. The predicted octanol–water partition coefficient (Wildman–Crippen LogP) is 3.24. The molecule has 0 aromatic heterocycles. The minimum atomic E-state index is -4.34. The molecule has 6 heteroatoms. The fraction of sp³-hybridized carbons (Fsp3) is 0.308. The van der Waals surface area contributed by atoms with Crippen LogP contribution in [0.15, 0.2) is 30.3 Å². The summed E-state index contributed by atoms with van der Waals surface area (Å²) in [6.07, 6.45) is -3.22. The summed E-state index contributed by atoms with van der Waals surface area (Å²) >= 11 is 0. The molecule has 0 aliphatic carbocycles. The van der Waals surface area contributed by atoms with E-state index < -0.39 is 18.2 Å². The Labute approximate surface area is 109 Å². The van der Waals surface area contributed by atoms with Crippen molar-refractivity contribution in [1.82, 2.24) is 0 Å². The third-order valence-electron chi connectivity index (χ3n) is 2.29. The number of anilines is 1. The third-order valence-corrected chi connectivity index (χ3v) is 2.29. The van der Waals surface area contributed by atoms with Crippen LogP contribution in [0, 0.1) is 0 Å². The number of esters is 1. The van der Waals surface area contributed by atoms with Gasteiger partial charge in [0.25, 0.3) is 0 Å². The highest BCUT2D eigenvalue weighted by Crippen LogP contribution is 2.19. The van der Waals surface area contributed by atoms with Crippen molar-refractivity contribution >= 4 is 17.7 Å². The molecular formula is C13H14F3NO2. The van der Waals surface area contributed by atoms with Crippen LogP contribution in [0.2, 0.25) is 0 Å². The van der Waals surface area contributed by atoms with E-state index in [0.717, 1.165) is 6.08 Å². The van der Waals surface area contributed by atoms with E-state index in [0.29, 0.717) is 11.3 Å². The summed E-state index contributed by atoms with van der Waals surface area (Å²) in [6, 6.07) is 5.73. The molecule has 0 bridgehead atoms. The molecule has 0 radical (unpaired) electrons. The minimum absolute atomic E-state index is 0.163. The van der Waals surface area contributed by atoms with E-state index in [1.165, 1.54) is 19.2 Å². The van der Waals surface area contributed by atoms with E-state index in [9.17, 15) is 18.0 Å². The van der Waals surface area contributed by atoms with E-state index in [2.05, 4.69) is 10.1 Å². The Hall–Kier alpha value is -1.98. The van der Waals surface area contributed by atoms with Crippen molar-refractivity contribution in [2.24, 2.45) is 0 Å². The highest BCUT2D eigenvalue weighted by Gasteiger charge is 2.21. The quantitative estimate of drug-likeness (QED) is 0.856. The lowest BCUT2D eigenvalue weighted by molar-refractivity contribution is -0.141. The van der Waals surface area contributed by atoms with Gasteiger partial charge in [-0.15, -0.1) is 0 Å². The second kappa shape index (κ2) is 6.26. The Balaban J connectivity index is 2.78. The summed E-state index contributed by atoms with van der Waals surface area (Å²) in [5.41, 5.74) is 0.932. The number of hydrogen-bond acceptors (Lipinski definition) is 3. The van der Waals surface area contributed by atoms with Gasteiger partial charge >= 0.3 is 12.1 Å². The lowest BCUT2D eigenvalue weighted by Gasteiger charge is -2.13. The van der Waals surface area contributed by atoms with Crippen LogP contribution in [-0.2, 0) is 9.53 Å². The van der Waals surface area contributed by atoms with Crippen LogP contribution >= 0.6 is 0 Å². The van der Waals surface area contributed by atoms with Gasteiger partial charge in [-0.25, -0.2) is 4.79 Å². The molecule has 0 aliphatic rings. The molecule has 0 spiro atoms. The average Bonchev–Trinajstić information content (AvgIpc) is 2.35. The third kappa shape index (κ3) is 5.46. The molecule has 1 rings (SSSR count). The zero-order chi connectivity index (χ0) is 14.5. The van der Waals surface area contributed by atoms with Crippen LogP contribution in [0.25, 0.3) is 6.08 Å². The van der Waals surface area contributed by atoms with Crippen molar-refractivity contribution < 1.29 is 22.7 Å². The Bertz CT molecular complexity index is 469. The fourth-order valence-corrected chi connectivity index (χ4v) is 1.41. The number of carbonyl (C=O) groups is 1. The molecule has 0 fully saturated rings. The van der Waals surface area contributed by atoms with E-state index >= 15 is 0 Å². The van der Waals surface area contributed by atoms with Gasteiger partial charge in [-0.1, -0.05) is 18.2 Å². The predicted molar refractivity (Wildman–Crippen MR) is 66.6 cm³/mol. The van der Waals surface area contributed by atoms with Gasteiger partial charge in [0.15, 0.2) is 0 Å². The first-order chi connectivity index (χ1) is 8.81. The van der Waals surface area contributed by atoms with Crippen molar-refractivity contribution in [2.75, 3.05) is 12.4 Å². The van der Waals surface area contributed by atoms with Gasteiger partial charge < -0.3 is 10.1 Å². The first-order valence-electron chi connectivity index (χ1n) is 5.52.